The molecule has 1 unspecified atom stereocenters. The van der Waals surface area contributed by atoms with Crippen LogP contribution in [-0.2, 0) is 13.6 Å². The zero-order valence-corrected chi connectivity index (χ0v) is 12.8. The van der Waals surface area contributed by atoms with Gasteiger partial charge in [-0.05, 0) is 12.8 Å². The highest BCUT2D eigenvalue weighted by Gasteiger charge is 2.22. The van der Waals surface area contributed by atoms with Crippen molar-refractivity contribution in [3.63, 3.8) is 0 Å². The van der Waals surface area contributed by atoms with Crippen LogP contribution in [0.2, 0.25) is 0 Å². The summed E-state index contributed by atoms with van der Waals surface area (Å²) in [4.78, 5) is 22.8. The third-order valence-corrected chi connectivity index (χ3v) is 4.41. The quantitative estimate of drug-likeness (QED) is 0.913. The lowest BCUT2D eigenvalue weighted by Crippen LogP contribution is -2.47. The molecule has 2 aromatic heterocycles. The number of anilines is 1. The Balaban J connectivity index is 1.65. The standard InChI is InChI=1S/C14H19N5OS/c1-18-6-4-15-13(14(18)20)19-5-2-3-11(8-19)16-7-12-9-21-10-17-12/h4,6,9-11,16H,2-3,5,7-8H2,1H3. The number of thiazole rings is 1. The van der Waals surface area contributed by atoms with E-state index in [-0.39, 0.29) is 5.56 Å². The molecule has 0 saturated carbocycles. The van der Waals surface area contributed by atoms with E-state index in [1.54, 1.807) is 35.3 Å². The summed E-state index contributed by atoms with van der Waals surface area (Å²) in [7, 11) is 1.76. The van der Waals surface area contributed by atoms with Gasteiger partial charge >= 0.3 is 0 Å². The van der Waals surface area contributed by atoms with Gasteiger partial charge in [-0.25, -0.2) is 9.97 Å². The van der Waals surface area contributed by atoms with Crippen LogP contribution in [0.15, 0.2) is 28.1 Å². The molecule has 3 heterocycles. The number of hydrogen-bond donors (Lipinski definition) is 1. The molecule has 1 aliphatic rings. The minimum Gasteiger partial charge on any atom is -0.350 e. The maximum Gasteiger partial charge on any atom is 0.293 e. The molecule has 0 spiro atoms. The third kappa shape index (κ3) is 3.30. The molecule has 0 radical (unpaired) electrons. The SMILES string of the molecule is Cn1ccnc(N2CCCC(NCc3cscn3)C2)c1=O. The van der Waals surface area contributed by atoms with Gasteiger partial charge in [0.2, 0.25) is 0 Å². The monoisotopic (exact) mass is 305 g/mol. The van der Waals surface area contributed by atoms with Crippen LogP contribution in [0.1, 0.15) is 18.5 Å². The first-order chi connectivity index (χ1) is 10.2. The average molecular weight is 305 g/mol. The maximum absolute atomic E-state index is 12.1. The Morgan fingerprint density at radius 2 is 2.38 bits per heavy atom. The lowest BCUT2D eigenvalue weighted by molar-refractivity contribution is 0.417. The third-order valence-electron chi connectivity index (χ3n) is 3.77. The number of rotatable bonds is 4. The lowest BCUT2D eigenvalue weighted by Gasteiger charge is -2.33. The fourth-order valence-corrected chi connectivity index (χ4v) is 3.17. The second kappa shape index (κ2) is 6.36. The van der Waals surface area contributed by atoms with Gasteiger partial charge in [0.1, 0.15) is 0 Å². The molecule has 1 saturated heterocycles. The van der Waals surface area contributed by atoms with Crippen LogP contribution >= 0.6 is 11.3 Å². The summed E-state index contributed by atoms with van der Waals surface area (Å²) in [5.41, 5.74) is 2.89. The molecule has 1 N–H and O–H groups in total. The van der Waals surface area contributed by atoms with Crippen molar-refractivity contribution in [2.45, 2.75) is 25.4 Å². The van der Waals surface area contributed by atoms with E-state index in [4.69, 9.17) is 0 Å². The number of aromatic nitrogens is 3. The summed E-state index contributed by atoms with van der Waals surface area (Å²) in [6.07, 6.45) is 5.55. The lowest BCUT2D eigenvalue weighted by atomic mass is 10.1. The van der Waals surface area contributed by atoms with E-state index in [0.717, 1.165) is 38.2 Å². The predicted octanol–water partition coefficient (Wildman–Crippen LogP) is 0.995. The van der Waals surface area contributed by atoms with Gasteiger partial charge in [0, 0.05) is 50.5 Å². The number of piperidine rings is 1. The zero-order valence-electron chi connectivity index (χ0n) is 12.0. The Kier molecular flexibility index (Phi) is 4.31. The molecule has 6 nitrogen and oxygen atoms in total. The molecule has 0 aliphatic carbocycles. The molecular formula is C14H19N5OS. The van der Waals surface area contributed by atoms with Crippen LogP contribution in [0.5, 0.6) is 0 Å². The molecule has 3 rings (SSSR count). The van der Waals surface area contributed by atoms with Crippen LogP contribution in [0, 0.1) is 0 Å². The smallest absolute Gasteiger partial charge is 0.293 e. The molecule has 0 aromatic carbocycles. The van der Waals surface area contributed by atoms with Crippen molar-refractivity contribution in [2.75, 3.05) is 18.0 Å². The van der Waals surface area contributed by atoms with Gasteiger partial charge in [-0.3, -0.25) is 4.79 Å². The van der Waals surface area contributed by atoms with E-state index in [2.05, 4.69) is 25.6 Å². The second-order valence-corrected chi connectivity index (χ2v) is 6.03. The molecule has 7 heteroatoms. The second-order valence-electron chi connectivity index (χ2n) is 5.31. The van der Waals surface area contributed by atoms with Gasteiger partial charge in [-0.2, -0.15) is 0 Å². The first-order valence-electron chi connectivity index (χ1n) is 7.11. The number of nitrogens with zero attached hydrogens (tertiary/aromatic N) is 4. The number of aryl methyl sites for hydroxylation is 1. The van der Waals surface area contributed by atoms with Gasteiger partial charge in [-0.1, -0.05) is 0 Å². The van der Waals surface area contributed by atoms with Crippen LogP contribution in [0.25, 0.3) is 0 Å². The van der Waals surface area contributed by atoms with E-state index in [1.165, 1.54) is 0 Å². The largest absolute Gasteiger partial charge is 0.350 e. The Morgan fingerprint density at radius 3 is 3.19 bits per heavy atom. The molecular weight excluding hydrogens is 286 g/mol. The van der Waals surface area contributed by atoms with Crippen LogP contribution in [0.4, 0.5) is 5.82 Å². The first kappa shape index (κ1) is 14.2. The van der Waals surface area contributed by atoms with E-state index in [9.17, 15) is 4.79 Å². The molecule has 1 fully saturated rings. The summed E-state index contributed by atoms with van der Waals surface area (Å²) in [6.45, 7) is 2.49. The summed E-state index contributed by atoms with van der Waals surface area (Å²) in [6, 6.07) is 0.368. The summed E-state index contributed by atoms with van der Waals surface area (Å²) in [5.74, 6) is 0.556. The van der Waals surface area contributed by atoms with Gasteiger partial charge in [-0.15, -0.1) is 11.3 Å². The molecule has 112 valence electrons. The van der Waals surface area contributed by atoms with Crippen molar-refractivity contribution in [1.82, 2.24) is 19.9 Å². The average Bonchev–Trinajstić information content (AvgIpc) is 3.02. The Morgan fingerprint density at radius 1 is 1.48 bits per heavy atom. The van der Waals surface area contributed by atoms with Crippen molar-refractivity contribution >= 4 is 17.2 Å². The zero-order chi connectivity index (χ0) is 14.7. The van der Waals surface area contributed by atoms with E-state index < -0.39 is 0 Å². The van der Waals surface area contributed by atoms with Gasteiger partial charge in [0.15, 0.2) is 5.82 Å². The van der Waals surface area contributed by atoms with E-state index in [0.29, 0.717) is 11.9 Å². The first-order valence-corrected chi connectivity index (χ1v) is 8.05. The fraction of sp³-hybridized carbons (Fsp3) is 0.500. The van der Waals surface area contributed by atoms with E-state index in [1.807, 2.05) is 5.51 Å². The topological polar surface area (TPSA) is 63.1 Å². The van der Waals surface area contributed by atoms with Crippen molar-refractivity contribution in [2.24, 2.45) is 7.05 Å². The van der Waals surface area contributed by atoms with Crippen LogP contribution < -0.4 is 15.8 Å². The Hall–Kier alpha value is -1.73. The Bertz CT molecular complexity index is 639. The highest BCUT2D eigenvalue weighted by Crippen LogP contribution is 2.15. The minimum absolute atomic E-state index is 0.0300. The summed E-state index contributed by atoms with van der Waals surface area (Å²) < 4.78 is 1.58. The molecule has 0 bridgehead atoms. The predicted molar refractivity (Wildman–Crippen MR) is 83.7 cm³/mol. The van der Waals surface area contributed by atoms with Crippen molar-refractivity contribution in [3.8, 4) is 0 Å². The molecule has 21 heavy (non-hydrogen) atoms. The molecule has 1 aliphatic heterocycles. The van der Waals surface area contributed by atoms with Crippen LogP contribution in [-0.4, -0.2) is 33.7 Å². The highest BCUT2D eigenvalue weighted by molar-refractivity contribution is 7.07. The highest BCUT2D eigenvalue weighted by atomic mass is 32.1. The maximum atomic E-state index is 12.1. The Labute approximate surface area is 127 Å². The van der Waals surface area contributed by atoms with Gasteiger partial charge < -0.3 is 14.8 Å². The van der Waals surface area contributed by atoms with Crippen molar-refractivity contribution < 1.29 is 0 Å². The minimum atomic E-state index is -0.0300. The molecule has 0 amide bonds. The molecule has 1 atom stereocenters. The summed E-state index contributed by atoms with van der Waals surface area (Å²) in [5, 5.41) is 5.58. The fourth-order valence-electron chi connectivity index (χ4n) is 2.61. The van der Waals surface area contributed by atoms with Crippen molar-refractivity contribution in [3.05, 3.63) is 39.3 Å². The number of nitrogens with one attached hydrogen (secondary N) is 1. The van der Waals surface area contributed by atoms with Gasteiger partial charge in [0.25, 0.3) is 5.56 Å². The molecule has 2 aromatic rings. The van der Waals surface area contributed by atoms with E-state index >= 15 is 0 Å². The number of hydrogen-bond acceptors (Lipinski definition) is 6. The van der Waals surface area contributed by atoms with Crippen molar-refractivity contribution in [1.29, 1.82) is 0 Å². The van der Waals surface area contributed by atoms with Gasteiger partial charge in [0.05, 0.1) is 11.2 Å². The summed E-state index contributed by atoms with van der Waals surface area (Å²) >= 11 is 1.61. The normalized spacial score (nSPS) is 18.9. The van der Waals surface area contributed by atoms with Crippen LogP contribution in [0.3, 0.4) is 0 Å².